The number of nitrogens with one attached hydrogen (secondary N) is 1. The molecular weight excluding hydrogens is 332 g/mol. The molecule has 1 amide bonds. The number of hydrogen-bond acceptors (Lipinski definition) is 4. The van der Waals surface area contributed by atoms with Crippen molar-refractivity contribution in [2.75, 3.05) is 6.54 Å². The van der Waals surface area contributed by atoms with Crippen molar-refractivity contribution in [2.24, 2.45) is 0 Å². The zero-order valence-electron chi connectivity index (χ0n) is 14.7. The van der Waals surface area contributed by atoms with Gasteiger partial charge in [0.1, 0.15) is 5.82 Å². The number of carbonyl (C=O) groups is 1. The first-order valence-corrected chi connectivity index (χ1v) is 9.64. The van der Waals surface area contributed by atoms with Gasteiger partial charge in [-0.1, -0.05) is 26.0 Å². The number of amides is 1. The molecule has 0 unspecified atom stereocenters. The van der Waals surface area contributed by atoms with Crippen molar-refractivity contribution in [3.8, 4) is 0 Å². The lowest BCUT2D eigenvalue weighted by atomic mass is 10.2. The molecule has 1 atom stereocenters. The van der Waals surface area contributed by atoms with Crippen LogP contribution in [0.3, 0.4) is 0 Å². The van der Waals surface area contributed by atoms with Crippen molar-refractivity contribution in [3.05, 3.63) is 45.7 Å². The molecule has 0 bridgehead atoms. The van der Waals surface area contributed by atoms with Gasteiger partial charge in [-0.25, -0.2) is 9.97 Å². The normalized spacial score (nSPS) is 17.8. The maximum absolute atomic E-state index is 13.0. The topological polar surface area (TPSA) is 61.9 Å². The largest absolute Gasteiger partial charge is 0.340 e. The summed E-state index contributed by atoms with van der Waals surface area (Å²) in [6, 6.07) is 6.13. The van der Waals surface area contributed by atoms with Crippen LogP contribution in [0.4, 0.5) is 0 Å². The summed E-state index contributed by atoms with van der Waals surface area (Å²) < 4.78 is 0. The van der Waals surface area contributed by atoms with E-state index in [4.69, 9.17) is 4.98 Å². The Labute approximate surface area is 151 Å². The molecule has 1 aromatic carbocycles. The molecule has 3 heterocycles. The lowest BCUT2D eigenvalue weighted by Gasteiger charge is -2.22. The van der Waals surface area contributed by atoms with Gasteiger partial charge in [-0.2, -0.15) is 0 Å². The molecule has 0 aliphatic carbocycles. The van der Waals surface area contributed by atoms with Crippen LogP contribution in [-0.4, -0.2) is 32.3 Å². The second-order valence-corrected chi connectivity index (χ2v) is 7.84. The highest BCUT2D eigenvalue weighted by atomic mass is 32.1. The highest BCUT2D eigenvalue weighted by molar-refractivity contribution is 7.11. The fourth-order valence-electron chi connectivity index (χ4n) is 3.42. The van der Waals surface area contributed by atoms with Crippen LogP contribution in [0.15, 0.2) is 23.6 Å². The van der Waals surface area contributed by atoms with Crippen LogP contribution in [-0.2, 0) is 0 Å². The van der Waals surface area contributed by atoms with E-state index in [-0.39, 0.29) is 11.9 Å². The number of aryl methyl sites for hydroxylation is 1. The number of carbonyl (C=O) groups excluding carboxylic acids is 1. The molecule has 1 aliphatic heterocycles. The minimum Gasteiger partial charge on any atom is -0.340 e. The van der Waals surface area contributed by atoms with E-state index in [9.17, 15) is 4.79 Å². The molecule has 1 saturated heterocycles. The maximum Gasteiger partial charge on any atom is 0.283 e. The van der Waals surface area contributed by atoms with E-state index < -0.39 is 0 Å². The zero-order valence-corrected chi connectivity index (χ0v) is 15.6. The Morgan fingerprint density at radius 1 is 1.36 bits per heavy atom. The Hall–Kier alpha value is -2.21. The molecule has 130 valence electrons. The number of benzene rings is 1. The number of nitrogens with zero attached hydrogens (tertiary/aromatic N) is 3. The summed E-state index contributed by atoms with van der Waals surface area (Å²) in [4.78, 5) is 27.6. The first kappa shape index (κ1) is 16.3. The Kier molecular flexibility index (Phi) is 4.07. The van der Waals surface area contributed by atoms with Gasteiger partial charge in [-0.15, -0.1) is 11.3 Å². The minimum atomic E-state index is 0.00528. The van der Waals surface area contributed by atoms with Crippen molar-refractivity contribution in [1.82, 2.24) is 19.9 Å². The third-order valence-electron chi connectivity index (χ3n) is 4.86. The number of likely N-dealkylation sites (tertiary alicyclic amines) is 1. The van der Waals surface area contributed by atoms with Gasteiger partial charge in [-0.3, -0.25) is 4.79 Å². The Balaban J connectivity index is 1.64. The van der Waals surface area contributed by atoms with E-state index >= 15 is 0 Å². The second kappa shape index (κ2) is 6.26. The van der Waals surface area contributed by atoms with Crippen molar-refractivity contribution in [3.63, 3.8) is 0 Å². The molecular formula is C19H22N4OS. The van der Waals surface area contributed by atoms with Crippen LogP contribution in [0.2, 0.25) is 0 Å². The molecule has 1 fully saturated rings. The molecule has 5 nitrogen and oxygen atoms in total. The summed E-state index contributed by atoms with van der Waals surface area (Å²) in [6.07, 6.45) is 1.93. The van der Waals surface area contributed by atoms with E-state index in [1.807, 2.05) is 22.4 Å². The summed E-state index contributed by atoms with van der Waals surface area (Å²) in [7, 11) is 0. The molecule has 1 aliphatic rings. The number of aromatic nitrogens is 3. The highest BCUT2D eigenvalue weighted by Gasteiger charge is 2.34. The molecule has 3 aromatic rings. The first-order valence-electron chi connectivity index (χ1n) is 8.76. The molecule has 2 aromatic heterocycles. The predicted octanol–water partition coefficient (Wildman–Crippen LogP) is 4.43. The maximum atomic E-state index is 13.0. The van der Waals surface area contributed by atoms with E-state index in [1.165, 1.54) is 11.3 Å². The molecule has 25 heavy (non-hydrogen) atoms. The molecule has 6 heteroatoms. The smallest absolute Gasteiger partial charge is 0.283 e. The van der Waals surface area contributed by atoms with Crippen molar-refractivity contribution in [1.29, 1.82) is 0 Å². The third-order valence-corrected chi connectivity index (χ3v) is 5.71. The van der Waals surface area contributed by atoms with E-state index in [2.05, 4.69) is 36.8 Å². The number of para-hydroxylation sites is 1. The summed E-state index contributed by atoms with van der Waals surface area (Å²) in [5, 5.41) is 2.58. The second-order valence-electron chi connectivity index (χ2n) is 6.98. The Morgan fingerprint density at radius 2 is 2.20 bits per heavy atom. The van der Waals surface area contributed by atoms with Crippen molar-refractivity contribution in [2.45, 2.75) is 45.6 Å². The van der Waals surface area contributed by atoms with Crippen molar-refractivity contribution < 1.29 is 4.79 Å². The Bertz CT molecular complexity index is 927. The van der Waals surface area contributed by atoms with Gasteiger partial charge >= 0.3 is 0 Å². The van der Waals surface area contributed by atoms with Crippen LogP contribution in [0.5, 0.6) is 0 Å². The van der Waals surface area contributed by atoms with Crippen LogP contribution in [0.1, 0.15) is 65.5 Å². The van der Waals surface area contributed by atoms with E-state index in [1.54, 1.807) is 0 Å². The van der Waals surface area contributed by atoms with Gasteiger partial charge < -0.3 is 9.88 Å². The van der Waals surface area contributed by atoms with Gasteiger partial charge in [0, 0.05) is 11.9 Å². The summed E-state index contributed by atoms with van der Waals surface area (Å²) in [5.74, 6) is 1.25. The van der Waals surface area contributed by atoms with Gasteiger partial charge in [0.25, 0.3) is 5.91 Å². The summed E-state index contributed by atoms with van der Waals surface area (Å²) in [5.41, 5.74) is 4.17. The number of H-pyrrole nitrogens is 1. The number of imidazole rings is 1. The fraction of sp³-hybridized carbons (Fsp3) is 0.421. The fourth-order valence-corrected chi connectivity index (χ4v) is 4.35. The molecule has 0 saturated carbocycles. The van der Waals surface area contributed by atoms with Crippen LogP contribution in [0.25, 0.3) is 11.0 Å². The number of aromatic amines is 1. The zero-order chi connectivity index (χ0) is 17.6. The highest BCUT2D eigenvalue weighted by Crippen LogP contribution is 2.33. The van der Waals surface area contributed by atoms with Gasteiger partial charge in [0.2, 0.25) is 0 Å². The lowest BCUT2D eigenvalue weighted by molar-refractivity contribution is 0.0730. The lowest BCUT2D eigenvalue weighted by Crippen LogP contribution is -2.31. The van der Waals surface area contributed by atoms with Crippen LogP contribution in [0, 0.1) is 6.92 Å². The monoisotopic (exact) mass is 354 g/mol. The average Bonchev–Trinajstić information content (AvgIpc) is 3.32. The molecule has 1 N–H and O–H groups in total. The summed E-state index contributed by atoms with van der Waals surface area (Å²) >= 11 is 1.44. The first-order chi connectivity index (χ1) is 12.0. The number of thiazole rings is 1. The standard InChI is InChI=1S/C19H22N4OS/c1-11(2)14-10-25-18(21-14)19(24)23-9-5-8-15(23)17-20-13-7-4-6-12(3)16(13)22-17/h4,6-7,10-11,15H,5,8-9H2,1-3H3,(H,20,22)/t15-/m0/s1. The SMILES string of the molecule is Cc1cccc2[nH]c([C@@H]3CCCN3C(=O)c3nc(C(C)C)cs3)nc12. The average molecular weight is 354 g/mol. The third kappa shape index (κ3) is 2.84. The minimum absolute atomic E-state index is 0.00528. The predicted molar refractivity (Wildman–Crippen MR) is 100 cm³/mol. The van der Waals surface area contributed by atoms with Crippen LogP contribution < -0.4 is 0 Å². The molecule has 4 rings (SSSR count). The van der Waals surface area contributed by atoms with Crippen molar-refractivity contribution >= 4 is 28.3 Å². The number of fused-ring (bicyclic) bond motifs is 1. The number of hydrogen-bond donors (Lipinski definition) is 1. The number of rotatable bonds is 3. The Morgan fingerprint density at radius 3 is 2.92 bits per heavy atom. The van der Waals surface area contributed by atoms with E-state index in [0.717, 1.165) is 47.5 Å². The van der Waals surface area contributed by atoms with Crippen LogP contribution >= 0.6 is 11.3 Å². The molecule has 0 spiro atoms. The summed E-state index contributed by atoms with van der Waals surface area (Å²) in [6.45, 7) is 7.01. The van der Waals surface area contributed by atoms with Gasteiger partial charge in [-0.05, 0) is 37.3 Å². The van der Waals surface area contributed by atoms with Gasteiger partial charge in [0.15, 0.2) is 5.01 Å². The molecule has 0 radical (unpaired) electrons. The van der Waals surface area contributed by atoms with Gasteiger partial charge in [0.05, 0.1) is 22.8 Å². The quantitative estimate of drug-likeness (QED) is 0.757. The van der Waals surface area contributed by atoms with E-state index in [0.29, 0.717) is 10.9 Å².